The van der Waals surface area contributed by atoms with Crippen molar-refractivity contribution in [2.24, 2.45) is 7.05 Å². The van der Waals surface area contributed by atoms with E-state index in [0.717, 1.165) is 23.7 Å². The molecule has 1 fully saturated rings. The Hall–Kier alpha value is -2.82. The van der Waals surface area contributed by atoms with Gasteiger partial charge >= 0.3 is 6.18 Å². The van der Waals surface area contributed by atoms with Crippen LogP contribution < -0.4 is 9.62 Å². The van der Waals surface area contributed by atoms with Crippen LogP contribution in [0.15, 0.2) is 42.7 Å². The van der Waals surface area contributed by atoms with E-state index in [1.165, 1.54) is 0 Å². The monoisotopic (exact) mass is 439 g/mol. The van der Waals surface area contributed by atoms with E-state index >= 15 is 0 Å². The molecule has 0 atom stereocenters. The van der Waals surface area contributed by atoms with Crippen molar-refractivity contribution in [2.75, 3.05) is 22.7 Å². The summed E-state index contributed by atoms with van der Waals surface area (Å²) in [5, 5.41) is 4.33. The van der Waals surface area contributed by atoms with Gasteiger partial charge in [-0.25, -0.2) is 13.4 Å². The number of benzene rings is 1. The van der Waals surface area contributed by atoms with E-state index in [1.54, 1.807) is 35.0 Å². The third-order valence-corrected chi connectivity index (χ3v) is 7.14. The van der Waals surface area contributed by atoms with Gasteiger partial charge in [0.25, 0.3) is 0 Å². The fraction of sp³-hybridized carbons (Fsp3) is 0.368. The number of aromatic nitrogens is 3. The highest BCUT2D eigenvalue weighted by atomic mass is 32.2. The minimum absolute atomic E-state index is 0.202. The topological polar surface area (TPSA) is 80.1 Å². The summed E-state index contributed by atoms with van der Waals surface area (Å²) in [5.74, 6) is 0.202. The van der Waals surface area contributed by atoms with E-state index in [4.69, 9.17) is 0 Å². The molecular formula is C19H20F3N5O2S. The molecule has 4 rings (SSSR count). The molecule has 3 aromatic rings. The van der Waals surface area contributed by atoms with E-state index in [9.17, 15) is 21.6 Å². The molecule has 0 saturated carbocycles. The molecule has 1 saturated heterocycles. The van der Waals surface area contributed by atoms with Crippen LogP contribution >= 0.6 is 0 Å². The van der Waals surface area contributed by atoms with Crippen LogP contribution in [0.2, 0.25) is 0 Å². The average molecular weight is 439 g/mol. The summed E-state index contributed by atoms with van der Waals surface area (Å²) in [6.45, 7) is 0.603. The van der Waals surface area contributed by atoms with Gasteiger partial charge in [-0.2, -0.15) is 18.3 Å². The van der Waals surface area contributed by atoms with E-state index in [-0.39, 0.29) is 18.7 Å². The molecule has 1 N–H and O–H groups in total. The molecule has 0 radical (unpaired) electrons. The highest BCUT2D eigenvalue weighted by Crippen LogP contribution is 2.32. The van der Waals surface area contributed by atoms with Crippen molar-refractivity contribution >= 4 is 32.4 Å². The van der Waals surface area contributed by atoms with E-state index in [2.05, 4.69) is 14.8 Å². The van der Waals surface area contributed by atoms with Crippen molar-refractivity contribution in [3.8, 4) is 0 Å². The summed E-state index contributed by atoms with van der Waals surface area (Å²) >= 11 is 0. The lowest BCUT2D eigenvalue weighted by molar-refractivity contribution is -0.137. The minimum Gasteiger partial charge on any atom is -0.357 e. The predicted octanol–water partition coefficient (Wildman–Crippen LogP) is 3.40. The van der Waals surface area contributed by atoms with Gasteiger partial charge in [0.1, 0.15) is 5.82 Å². The number of nitrogens with one attached hydrogen (secondary N) is 1. The number of fused-ring (bicyclic) bond motifs is 1. The van der Waals surface area contributed by atoms with Crippen LogP contribution in [0.5, 0.6) is 0 Å². The molecule has 0 amide bonds. The Kier molecular flexibility index (Phi) is 5.08. The molecule has 7 nitrogen and oxygen atoms in total. The normalized spacial score (nSPS) is 16.2. The first-order valence-electron chi connectivity index (χ1n) is 9.36. The van der Waals surface area contributed by atoms with Gasteiger partial charge in [0.15, 0.2) is 0 Å². The standard InChI is InChI=1S/C19H20F3N5O2S/c1-26-18-13(12-24-26)3-2-4-16(18)25-30(28,29)15-6-9-27(10-7-15)17-11-14(5-8-23-17)19(20,21)22/h2-5,8,11-12,15,25H,6-7,9-10H2,1H3. The number of hydrogen-bond donors (Lipinski definition) is 1. The van der Waals surface area contributed by atoms with Crippen molar-refractivity contribution in [3.05, 3.63) is 48.3 Å². The van der Waals surface area contributed by atoms with Gasteiger partial charge in [-0.05, 0) is 31.0 Å². The molecule has 2 aromatic heterocycles. The molecule has 3 heterocycles. The number of hydrogen-bond acceptors (Lipinski definition) is 5. The average Bonchev–Trinajstić information content (AvgIpc) is 3.09. The van der Waals surface area contributed by atoms with E-state index in [1.807, 2.05) is 6.07 Å². The Morgan fingerprint density at radius 1 is 1.17 bits per heavy atom. The molecule has 1 aliphatic heterocycles. The van der Waals surface area contributed by atoms with Gasteiger partial charge in [0.2, 0.25) is 10.0 Å². The number of anilines is 2. The lowest BCUT2D eigenvalue weighted by Crippen LogP contribution is -2.41. The van der Waals surface area contributed by atoms with Crippen LogP contribution in [0.1, 0.15) is 18.4 Å². The first kappa shape index (κ1) is 20.5. The highest BCUT2D eigenvalue weighted by molar-refractivity contribution is 7.93. The van der Waals surface area contributed by atoms with Gasteiger partial charge in [-0.3, -0.25) is 9.40 Å². The van der Waals surface area contributed by atoms with Crippen LogP contribution in [-0.4, -0.2) is 41.5 Å². The number of halogens is 3. The quantitative estimate of drug-likeness (QED) is 0.674. The third kappa shape index (κ3) is 3.93. The summed E-state index contributed by atoms with van der Waals surface area (Å²) in [6, 6.07) is 7.20. The van der Waals surface area contributed by atoms with Crippen LogP contribution in [0, 0.1) is 0 Å². The number of aryl methyl sites for hydroxylation is 1. The zero-order valence-corrected chi connectivity index (χ0v) is 16.9. The van der Waals surface area contributed by atoms with Crippen molar-refractivity contribution < 1.29 is 21.6 Å². The second-order valence-corrected chi connectivity index (χ2v) is 9.21. The van der Waals surface area contributed by atoms with Crippen LogP contribution in [0.4, 0.5) is 24.7 Å². The zero-order chi connectivity index (χ0) is 21.5. The lowest BCUT2D eigenvalue weighted by atomic mass is 10.1. The first-order chi connectivity index (χ1) is 14.1. The van der Waals surface area contributed by atoms with Crippen LogP contribution in [-0.2, 0) is 23.2 Å². The van der Waals surface area contributed by atoms with E-state index < -0.39 is 27.0 Å². The summed E-state index contributed by atoms with van der Waals surface area (Å²) in [6.07, 6.45) is -1.09. The van der Waals surface area contributed by atoms with Gasteiger partial charge in [-0.15, -0.1) is 0 Å². The third-order valence-electron chi connectivity index (χ3n) is 5.29. The molecule has 0 aliphatic carbocycles. The van der Waals surface area contributed by atoms with Crippen LogP contribution in [0.3, 0.4) is 0 Å². The molecule has 160 valence electrons. The van der Waals surface area contributed by atoms with Crippen molar-refractivity contribution in [2.45, 2.75) is 24.3 Å². The number of sulfonamides is 1. The van der Waals surface area contributed by atoms with Crippen molar-refractivity contribution in [3.63, 3.8) is 0 Å². The first-order valence-corrected chi connectivity index (χ1v) is 10.9. The Morgan fingerprint density at radius 3 is 2.60 bits per heavy atom. The van der Waals surface area contributed by atoms with Gasteiger partial charge < -0.3 is 4.90 Å². The number of alkyl halides is 3. The molecule has 0 spiro atoms. The second kappa shape index (κ2) is 7.46. The fourth-order valence-corrected chi connectivity index (χ4v) is 5.18. The van der Waals surface area contributed by atoms with Crippen LogP contribution in [0.25, 0.3) is 10.9 Å². The minimum atomic E-state index is -4.45. The largest absolute Gasteiger partial charge is 0.416 e. The number of pyridine rings is 1. The molecule has 1 aliphatic rings. The molecule has 30 heavy (non-hydrogen) atoms. The summed E-state index contributed by atoms with van der Waals surface area (Å²) in [4.78, 5) is 5.70. The van der Waals surface area contributed by atoms with Gasteiger partial charge in [0.05, 0.1) is 28.2 Å². The Balaban J connectivity index is 1.48. The summed E-state index contributed by atoms with van der Waals surface area (Å²) in [7, 11) is -1.94. The molecule has 0 bridgehead atoms. The Bertz CT molecular complexity index is 1170. The fourth-order valence-electron chi connectivity index (χ4n) is 3.72. The van der Waals surface area contributed by atoms with Gasteiger partial charge in [0, 0.05) is 31.7 Å². The smallest absolute Gasteiger partial charge is 0.357 e. The predicted molar refractivity (Wildman–Crippen MR) is 108 cm³/mol. The molecule has 11 heteroatoms. The second-order valence-electron chi connectivity index (χ2n) is 7.25. The van der Waals surface area contributed by atoms with Gasteiger partial charge in [-0.1, -0.05) is 12.1 Å². The maximum absolute atomic E-state index is 12.9. The number of nitrogens with zero attached hydrogens (tertiary/aromatic N) is 4. The highest BCUT2D eigenvalue weighted by Gasteiger charge is 2.33. The molecule has 0 unspecified atom stereocenters. The number of piperidine rings is 1. The maximum Gasteiger partial charge on any atom is 0.416 e. The summed E-state index contributed by atoms with van der Waals surface area (Å²) < 4.78 is 69.0. The summed E-state index contributed by atoms with van der Waals surface area (Å²) in [5.41, 5.74) is 0.370. The number of para-hydroxylation sites is 1. The Labute approximate surface area is 171 Å². The molecule has 1 aromatic carbocycles. The number of rotatable bonds is 4. The zero-order valence-electron chi connectivity index (χ0n) is 16.1. The molecular weight excluding hydrogens is 419 g/mol. The Morgan fingerprint density at radius 2 is 1.90 bits per heavy atom. The SMILES string of the molecule is Cn1ncc2cccc(NS(=O)(=O)C3CCN(c4cc(C(F)(F)F)ccn4)CC3)c21. The maximum atomic E-state index is 12.9. The lowest BCUT2D eigenvalue weighted by Gasteiger charge is -2.32. The van der Waals surface area contributed by atoms with E-state index in [0.29, 0.717) is 24.3 Å². The van der Waals surface area contributed by atoms with Crippen molar-refractivity contribution in [1.29, 1.82) is 0 Å². The van der Waals surface area contributed by atoms with Crippen molar-refractivity contribution in [1.82, 2.24) is 14.8 Å².